The molecule has 2 rings (SSSR count). The van der Waals surface area contributed by atoms with Crippen LogP contribution >= 0.6 is 0 Å². The summed E-state index contributed by atoms with van der Waals surface area (Å²) in [6.45, 7) is 9.24. The zero-order valence-electron chi connectivity index (χ0n) is 13.5. The summed E-state index contributed by atoms with van der Waals surface area (Å²) in [4.78, 5) is 18.9. The van der Waals surface area contributed by atoms with Gasteiger partial charge in [-0.3, -0.25) is 9.79 Å². The molecule has 0 spiro atoms. The smallest absolute Gasteiger partial charge is 0.223 e. The molecule has 1 saturated carbocycles. The van der Waals surface area contributed by atoms with Gasteiger partial charge in [-0.1, -0.05) is 6.92 Å². The molecule has 2 fully saturated rings. The van der Waals surface area contributed by atoms with Gasteiger partial charge < -0.3 is 4.90 Å². The van der Waals surface area contributed by atoms with E-state index < -0.39 is 0 Å². The lowest BCUT2D eigenvalue weighted by molar-refractivity contribution is -0.134. The fourth-order valence-corrected chi connectivity index (χ4v) is 3.21. The zero-order valence-corrected chi connectivity index (χ0v) is 13.5. The first-order chi connectivity index (χ1) is 9.54. The SMILES string of the molecule is CCC1(CC(=O)N2CCC(CCN=C(C)C)CC2)CC1. The molecule has 2 aliphatic rings. The van der Waals surface area contributed by atoms with E-state index in [-0.39, 0.29) is 0 Å². The Hall–Kier alpha value is -0.860. The maximum Gasteiger partial charge on any atom is 0.223 e. The van der Waals surface area contributed by atoms with Crippen LogP contribution in [0.4, 0.5) is 0 Å². The summed E-state index contributed by atoms with van der Waals surface area (Å²) in [6, 6.07) is 0. The van der Waals surface area contributed by atoms with Gasteiger partial charge >= 0.3 is 0 Å². The van der Waals surface area contributed by atoms with E-state index in [4.69, 9.17) is 0 Å². The minimum absolute atomic E-state index is 0.390. The number of piperidine rings is 1. The molecular formula is C17H30N2O. The number of hydrogen-bond donors (Lipinski definition) is 0. The number of rotatable bonds is 6. The largest absolute Gasteiger partial charge is 0.343 e. The molecule has 1 aliphatic heterocycles. The number of nitrogens with zero attached hydrogens (tertiary/aromatic N) is 2. The second-order valence-electron chi connectivity index (χ2n) is 6.97. The van der Waals surface area contributed by atoms with Crippen LogP contribution in [-0.4, -0.2) is 36.2 Å². The molecule has 1 heterocycles. The molecule has 1 aliphatic carbocycles. The Balaban J connectivity index is 1.68. The van der Waals surface area contributed by atoms with E-state index in [0.717, 1.165) is 32.0 Å². The lowest BCUT2D eigenvalue weighted by Gasteiger charge is -2.32. The van der Waals surface area contributed by atoms with E-state index in [9.17, 15) is 4.79 Å². The van der Waals surface area contributed by atoms with Crippen LogP contribution in [0.15, 0.2) is 4.99 Å². The predicted octanol–water partition coefficient (Wildman–Crippen LogP) is 3.68. The molecule has 20 heavy (non-hydrogen) atoms. The molecule has 0 radical (unpaired) electrons. The number of hydrogen-bond acceptors (Lipinski definition) is 2. The Morgan fingerprint density at radius 2 is 1.90 bits per heavy atom. The highest BCUT2D eigenvalue weighted by molar-refractivity contribution is 5.79. The molecule has 0 N–H and O–H groups in total. The molecule has 1 amide bonds. The normalized spacial score (nSPS) is 21.6. The third-order valence-electron chi connectivity index (χ3n) is 5.17. The molecule has 0 aromatic heterocycles. The van der Waals surface area contributed by atoms with Crippen molar-refractivity contribution in [2.45, 2.75) is 65.7 Å². The molecular weight excluding hydrogens is 248 g/mol. The number of aliphatic imine (C=N–C) groups is 1. The number of likely N-dealkylation sites (tertiary alicyclic amines) is 1. The minimum atomic E-state index is 0.390. The highest BCUT2D eigenvalue weighted by Gasteiger charge is 2.43. The minimum Gasteiger partial charge on any atom is -0.343 e. The summed E-state index contributed by atoms with van der Waals surface area (Å²) in [7, 11) is 0. The van der Waals surface area contributed by atoms with Crippen LogP contribution in [0.5, 0.6) is 0 Å². The topological polar surface area (TPSA) is 32.7 Å². The molecule has 3 nitrogen and oxygen atoms in total. The number of amides is 1. The van der Waals surface area contributed by atoms with Gasteiger partial charge in [-0.25, -0.2) is 0 Å². The lowest BCUT2D eigenvalue weighted by atomic mass is 9.92. The summed E-state index contributed by atoms with van der Waals surface area (Å²) in [6.07, 6.45) is 8.02. The van der Waals surface area contributed by atoms with Gasteiger partial charge in [-0.15, -0.1) is 0 Å². The summed E-state index contributed by atoms with van der Waals surface area (Å²) >= 11 is 0. The maximum atomic E-state index is 12.3. The van der Waals surface area contributed by atoms with Crippen molar-refractivity contribution < 1.29 is 4.79 Å². The quantitative estimate of drug-likeness (QED) is 0.682. The van der Waals surface area contributed by atoms with Crippen LogP contribution < -0.4 is 0 Å². The van der Waals surface area contributed by atoms with Gasteiger partial charge in [-0.2, -0.15) is 0 Å². The first-order valence-electron chi connectivity index (χ1n) is 8.30. The van der Waals surface area contributed by atoms with Crippen molar-refractivity contribution in [1.29, 1.82) is 0 Å². The number of carbonyl (C=O) groups excluding carboxylic acids is 1. The summed E-state index contributed by atoms with van der Waals surface area (Å²) in [5.41, 5.74) is 1.56. The van der Waals surface area contributed by atoms with Gasteiger partial charge in [0.25, 0.3) is 0 Å². The predicted molar refractivity (Wildman–Crippen MR) is 84.1 cm³/mol. The zero-order chi connectivity index (χ0) is 14.6. The van der Waals surface area contributed by atoms with Crippen LogP contribution in [0.25, 0.3) is 0 Å². The van der Waals surface area contributed by atoms with E-state index in [1.165, 1.54) is 44.2 Å². The molecule has 0 aromatic rings. The van der Waals surface area contributed by atoms with Crippen LogP contribution in [0.3, 0.4) is 0 Å². The van der Waals surface area contributed by atoms with E-state index in [0.29, 0.717) is 11.3 Å². The molecule has 0 unspecified atom stereocenters. The monoisotopic (exact) mass is 278 g/mol. The van der Waals surface area contributed by atoms with Crippen molar-refractivity contribution in [3.8, 4) is 0 Å². The van der Waals surface area contributed by atoms with E-state index >= 15 is 0 Å². The Morgan fingerprint density at radius 1 is 1.25 bits per heavy atom. The summed E-state index contributed by atoms with van der Waals surface area (Å²) in [5, 5.41) is 0. The fraction of sp³-hybridized carbons (Fsp3) is 0.882. The van der Waals surface area contributed by atoms with Crippen LogP contribution in [0.1, 0.15) is 65.7 Å². The average Bonchev–Trinajstić information content (AvgIpc) is 3.19. The molecule has 0 atom stereocenters. The fourth-order valence-electron chi connectivity index (χ4n) is 3.21. The summed E-state index contributed by atoms with van der Waals surface area (Å²) < 4.78 is 0. The van der Waals surface area contributed by atoms with Gasteiger partial charge in [0.2, 0.25) is 5.91 Å². The van der Waals surface area contributed by atoms with E-state index in [1.54, 1.807) is 0 Å². The van der Waals surface area contributed by atoms with Gasteiger partial charge in [0.05, 0.1) is 0 Å². The van der Waals surface area contributed by atoms with E-state index in [1.807, 2.05) is 0 Å². The first kappa shape index (κ1) is 15.5. The standard InChI is InChI=1S/C17H30N2O/c1-4-17(8-9-17)13-16(20)19-11-6-15(7-12-19)5-10-18-14(2)3/h15H,4-13H2,1-3H3. The maximum absolute atomic E-state index is 12.3. The van der Waals surface area contributed by atoms with E-state index in [2.05, 4.69) is 30.7 Å². The molecule has 3 heteroatoms. The van der Waals surface area contributed by atoms with Crippen molar-refractivity contribution in [2.24, 2.45) is 16.3 Å². The second-order valence-corrected chi connectivity index (χ2v) is 6.97. The molecule has 114 valence electrons. The second kappa shape index (κ2) is 6.73. The van der Waals surface area contributed by atoms with Crippen molar-refractivity contribution in [3.63, 3.8) is 0 Å². The van der Waals surface area contributed by atoms with Crippen molar-refractivity contribution in [1.82, 2.24) is 4.90 Å². The van der Waals surface area contributed by atoms with Crippen LogP contribution in [0, 0.1) is 11.3 Å². The average molecular weight is 278 g/mol. The van der Waals surface area contributed by atoms with Crippen molar-refractivity contribution >= 4 is 11.6 Å². The summed E-state index contributed by atoms with van der Waals surface area (Å²) in [5.74, 6) is 1.17. The Kier molecular flexibility index (Phi) is 5.22. The van der Waals surface area contributed by atoms with Crippen LogP contribution in [-0.2, 0) is 4.79 Å². The Morgan fingerprint density at radius 3 is 2.40 bits per heavy atom. The van der Waals surface area contributed by atoms with Gasteiger partial charge in [0, 0.05) is 31.8 Å². The molecule has 1 saturated heterocycles. The lowest BCUT2D eigenvalue weighted by Crippen LogP contribution is -2.39. The van der Waals surface area contributed by atoms with Gasteiger partial charge in [0.1, 0.15) is 0 Å². The van der Waals surface area contributed by atoms with Crippen LogP contribution in [0.2, 0.25) is 0 Å². The third kappa shape index (κ3) is 4.32. The third-order valence-corrected chi connectivity index (χ3v) is 5.17. The number of carbonyl (C=O) groups is 1. The molecule has 0 aromatic carbocycles. The van der Waals surface area contributed by atoms with Gasteiger partial charge in [-0.05, 0) is 63.7 Å². The highest BCUT2D eigenvalue weighted by atomic mass is 16.2. The van der Waals surface area contributed by atoms with Crippen molar-refractivity contribution in [3.05, 3.63) is 0 Å². The van der Waals surface area contributed by atoms with Crippen molar-refractivity contribution in [2.75, 3.05) is 19.6 Å². The Labute approximate surface area is 123 Å². The highest BCUT2D eigenvalue weighted by Crippen LogP contribution is 2.51. The Bertz CT molecular complexity index is 359. The molecule has 0 bridgehead atoms. The first-order valence-corrected chi connectivity index (χ1v) is 8.30. The van der Waals surface area contributed by atoms with Gasteiger partial charge in [0.15, 0.2) is 0 Å².